The number of hydrogen-bond acceptors (Lipinski definition) is 0. The molecule has 2 aromatic carbocycles. The second kappa shape index (κ2) is 13.0. The summed E-state index contributed by atoms with van der Waals surface area (Å²) in [5, 5.41) is 0. The fourth-order valence-corrected chi connectivity index (χ4v) is 4.72. The summed E-state index contributed by atoms with van der Waals surface area (Å²) in [6, 6.07) is 9.76. The van der Waals surface area contributed by atoms with E-state index in [0.29, 0.717) is 0 Å². The van der Waals surface area contributed by atoms with Crippen LogP contribution in [0.2, 0.25) is 0 Å². The summed E-state index contributed by atoms with van der Waals surface area (Å²) < 4.78 is 2.09. The number of hydrogen-bond donors (Lipinski definition) is 0. The van der Waals surface area contributed by atoms with Gasteiger partial charge in [-0.3, -0.25) is 0 Å². The van der Waals surface area contributed by atoms with Crippen LogP contribution >= 0.6 is 0 Å². The zero-order valence-electron chi connectivity index (χ0n) is 19.6. The molecule has 2 aliphatic carbocycles. The van der Waals surface area contributed by atoms with Gasteiger partial charge in [0.25, 0.3) is 0 Å². The van der Waals surface area contributed by atoms with Crippen molar-refractivity contribution in [3.8, 4) is 0 Å². The molecular formula is C28H42Zr. The summed E-state index contributed by atoms with van der Waals surface area (Å²) in [5.41, 5.74) is 9.71. The van der Waals surface area contributed by atoms with Crippen LogP contribution in [-0.2, 0) is 62.8 Å². The van der Waals surface area contributed by atoms with E-state index in [4.69, 9.17) is 0 Å². The predicted molar refractivity (Wildman–Crippen MR) is 126 cm³/mol. The molecule has 0 N–H and O–H groups in total. The van der Waals surface area contributed by atoms with E-state index < -0.39 is 0 Å². The van der Waals surface area contributed by atoms with Gasteiger partial charge < -0.3 is 0 Å². The maximum absolute atomic E-state index is 2.44. The number of aryl methyl sites for hydroxylation is 4. The van der Waals surface area contributed by atoms with Crippen molar-refractivity contribution in [1.82, 2.24) is 0 Å². The van der Waals surface area contributed by atoms with Crippen LogP contribution in [0.15, 0.2) is 24.3 Å². The van der Waals surface area contributed by atoms with Crippen LogP contribution in [0, 0.1) is 11.8 Å². The molecule has 0 aliphatic heterocycles. The Balaban J connectivity index is 0.000000183. The fourth-order valence-electron chi connectivity index (χ4n) is 4.72. The van der Waals surface area contributed by atoms with E-state index in [1.807, 2.05) is 6.92 Å². The summed E-state index contributed by atoms with van der Waals surface area (Å²) in [5.74, 6) is 1.59. The molecule has 2 aliphatic rings. The molecule has 29 heavy (non-hydrogen) atoms. The summed E-state index contributed by atoms with van der Waals surface area (Å²) in [6.45, 7) is 11.2. The van der Waals surface area contributed by atoms with Gasteiger partial charge >= 0.3 is 34.9 Å². The van der Waals surface area contributed by atoms with Crippen LogP contribution in [0.5, 0.6) is 0 Å². The van der Waals surface area contributed by atoms with Gasteiger partial charge in [-0.1, -0.05) is 79.1 Å². The molecule has 0 unspecified atom stereocenters. The van der Waals surface area contributed by atoms with Crippen molar-refractivity contribution in [1.29, 1.82) is 0 Å². The second-order valence-electron chi connectivity index (χ2n) is 9.73. The van der Waals surface area contributed by atoms with Crippen LogP contribution in [0.1, 0.15) is 93.7 Å². The van der Waals surface area contributed by atoms with Gasteiger partial charge in [0.05, 0.1) is 0 Å². The topological polar surface area (TPSA) is 0 Å². The standard InChI is InChI=1S/2C13H19.C2H4.Zr/c2*1-10(2)7-11-8-12-5-3-4-6-13(12)9-11;1-2;/h2*8-10H,3-7H2,1-2H3;1H,2H3;/q2*-1;;+2. The Morgan fingerprint density at radius 1 is 0.759 bits per heavy atom. The number of fused-ring (bicyclic) bond motifs is 2. The molecule has 0 aromatic heterocycles. The Kier molecular flexibility index (Phi) is 11.1. The van der Waals surface area contributed by atoms with Gasteiger partial charge in [-0.2, -0.15) is 45.5 Å². The molecule has 0 amide bonds. The Morgan fingerprint density at radius 2 is 1.10 bits per heavy atom. The first kappa shape index (κ1) is 24.7. The molecule has 158 valence electrons. The fraction of sp³-hybridized carbons (Fsp3) is 0.607. The Hall–Kier alpha value is -0.547. The molecule has 0 fully saturated rings. The molecule has 0 saturated heterocycles. The first-order valence-electron chi connectivity index (χ1n) is 11.9. The van der Waals surface area contributed by atoms with Crippen molar-refractivity contribution < 1.29 is 24.2 Å². The quantitative estimate of drug-likeness (QED) is 0.411. The van der Waals surface area contributed by atoms with Gasteiger partial charge in [0.1, 0.15) is 0 Å². The first-order valence-corrected chi connectivity index (χ1v) is 13.3. The van der Waals surface area contributed by atoms with Crippen molar-refractivity contribution in [2.75, 3.05) is 0 Å². The van der Waals surface area contributed by atoms with Crippen LogP contribution in [0.4, 0.5) is 0 Å². The molecule has 0 heterocycles. The van der Waals surface area contributed by atoms with E-state index in [-0.39, 0.29) is 0 Å². The first-order chi connectivity index (χ1) is 13.9. The van der Waals surface area contributed by atoms with E-state index in [0.717, 1.165) is 11.8 Å². The minimum atomic E-state index is 0.795. The molecule has 2 aromatic rings. The van der Waals surface area contributed by atoms with Gasteiger partial charge in [-0.05, 0) is 24.7 Å². The molecule has 0 atom stereocenters. The van der Waals surface area contributed by atoms with E-state index in [9.17, 15) is 0 Å². The maximum atomic E-state index is 2.44. The van der Waals surface area contributed by atoms with Gasteiger partial charge in [0.2, 0.25) is 0 Å². The van der Waals surface area contributed by atoms with Crippen molar-refractivity contribution in [3.05, 3.63) is 57.6 Å². The van der Waals surface area contributed by atoms with E-state index in [1.165, 1.54) is 88.4 Å². The van der Waals surface area contributed by atoms with Gasteiger partial charge in [-0.15, -0.1) is 0 Å². The summed E-state index contributed by atoms with van der Waals surface area (Å²) >= 11 is 1.51. The zero-order chi connectivity index (χ0) is 21.2. The van der Waals surface area contributed by atoms with E-state index in [2.05, 4.69) is 55.7 Å². The van der Waals surface area contributed by atoms with Gasteiger partial charge in [0.15, 0.2) is 0 Å². The molecule has 0 radical (unpaired) electrons. The Morgan fingerprint density at radius 3 is 1.41 bits per heavy atom. The Labute approximate surface area is 195 Å². The monoisotopic (exact) mass is 468 g/mol. The Bertz CT molecular complexity index is 618. The van der Waals surface area contributed by atoms with Crippen LogP contribution < -0.4 is 0 Å². The predicted octanol–water partition coefficient (Wildman–Crippen LogP) is 7.32. The minimum absolute atomic E-state index is 0.795. The van der Waals surface area contributed by atoms with Gasteiger partial charge in [0, 0.05) is 0 Å². The van der Waals surface area contributed by atoms with E-state index in [1.54, 1.807) is 33.4 Å². The van der Waals surface area contributed by atoms with Crippen molar-refractivity contribution in [2.24, 2.45) is 11.8 Å². The third-order valence-corrected chi connectivity index (χ3v) is 5.84. The normalized spacial score (nSPS) is 15.1. The third-order valence-electron chi connectivity index (χ3n) is 5.84. The van der Waals surface area contributed by atoms with Crippen LogP contribution in [0.25, 0.3) is 0 Å². The van der Waals surface area contributed by atoms with Crippen LogP contribution in [0.3, 0.4) is 0 Å². The summed E-state index contributed by atoms with van der Waals surface area (Å²) in [7, 11) is 0. The van der Waals surface area contributed by atoms with Crippen molar-refractivity contribution >= 4 is 3.71 Å². The van der Waals surface area contributed by atoms with E-state index >= 15 is 0 Å². The molecule has 4 rings (SSSR count). The zero-order valence-corrected chi connectivity index (χ0v) is 22.1. The van der Waals surface area contributed by atoms with Crippen molar-refractivity contribution in [3.63, 3.8) is 0 Å². The van der Waals surface area contributed by atoms with Crippen molar-refractivity contribution in [2.45, 2.75) is 98.8 Å². The molecule has 0 saturated carbocycles. The third kappa shape index (κ3) is 8.61. The molecule has 0 nitrogen and oxygen atoms in total. The average Bonchev–Trinajstić information content (AvgIpc) is 3.24. The van der Waals surface area contributed by atoms with Crippen LogP contribution in [-0.4, -0.2) is 3.71 Å². The SMILES string of the molecule is CC(C)Cc1cc2c([cH-]1)CCCC2.CC(C)Cc1cc2c([cH-]1)CCCC2.C[CH]=[Zr+2]. The molecule has 0 bridgehead atoms. The summed E-state index contributed by atoms with van der Waals surface area (Å²) in [6.07, 6.45) is 13.4. The average molecular weight is 470 g/mol. The molecule has 0 spiro atoms. The number of rotatable bonds is 4. The van der Waals surface area contributed by atoms with Gasteiger partial charge in [-0.25, -0.2) is 12.1 Å². The second-order valence-corrected chi connectivity index (χ2v) is 11.1. The molecular weight excluding hydrogens is 428 g/mol. The molecule has 1 heteroatoms. The summed E-state index contributed by atoms with van der Waals surface area (Å²) in [4.78, 5) is 0.